The molecule has 6 heteroatoms. The number of rotatable bonds is 4. The van der Waals surface area contributed by atoms with Crippen LogP contribution in [0.25, 0.3) is 11.3 Å². The highest BCUT2D eigenvalue weighted by Crippen LogP contribution is 2.24. The smallest absolute Gasteiger partial charge is 0.241 e. The number of nitrogens with one attached hydrogen (secondary N) is 2. The monoisotopic (exact) mass is 276 g/mol. The molecular weight excluding hydrogens is 260 g/mol. The van der Waals surface area contributed by atoms with Crippen molar-refractivity contribution in [1.29, 1.82) is 0 Å². The Labute approximate surface area is 115 Å². The van der Waals surface area contributed by atoms with E-state index in [-0.39, 0.29) is 11.9 Å². The van der Waals surface area contributed by atoms with Crippen molar-refractivity contribution in [2.45, 2.75) is 6.04 Å². The first-order valence-electron chi connectivity index (χ1n) is 5.86. The molecule has 1 atom stereocenters. The molecule has 0 saturated carbocycles. The lowest BCUT2D eigenvalue weighted by molar-refractivity contribution is -0.122. The molecule has 2 aromatic rings. The predicted octanol–water partition coefficient (Wildman–Crippen LogP) is 1.40. The standard InChI is InChI=1S/C13H16N4OS/c1-15-11(12(18)16-2)9-5-3-8(4-6-9)10-7-19-13(14)17-10/h3-7,11,15H,1-2H3,(H2,14,17)(H,16,18). The summed E-state index contributed by atoms with van der Waals surface area (Å²) in [5.74, 6) is -0.0619. The first kappa shape index (κ1) is 13.5. The van der Waals surface area contributed by atoms with Crippen molar-refractivity contribution in [1.82, 2.24) is 15.6 Å². The molecule has 0 aliphatic heterocycles. The second-order valence-corrected chi connectivity index (χ2v) is 4.92. The number of nitrogens with zero attached hydrogens (tertiary/aromatic N) is 1. The Morgan fingerprint density at radius 1 is 1.32 bits per heavy atom. The molecule has 0 saturated heterocycles. The predicted molar refractivity (Wildman–Crippen MR) is 77.8 cm³/mol. The molecule has 1 heterocycles. The van der Waals surface area contributed by atoms with Gasteiger partial charge in [-0.05, 0) is 12.6 Å². The number of likely N-dealkylation sites (N-methyl/N-ethyl adjacent to an activating group) is 2. The van der Waals surface area contributed by atoms with Gasteiger partial charge in [0.25, 0.3) is 0 Å². The molecule has 1 amide bonds. The molecule has 1 aromatic heterocycles. The highest BCUT2D eigenvalue weighted by atomic mass is 32.1. The van der Waals surface area contributed by atoms with Crippen molar-refractivity contribution in [3.8, 4) is 11.3 Å². The Kier molecular flexibility index (Phi) is 4.13. The van der Waals surface area contributed by atoms with Crippen LogP contribution in [0, 0.1) is 0 Å². The van der Waals surface area contributed by atoms with Gasteiger partial charge in [0.15, 0.2) is 5.13 Å². The highest BCUT2D eigenvalue weighted by molar-refractivity contribution is 7.13. The lowest BCUT2D eigenvalue weighted by Crippen LogP contribution is -2.33. The lowest BCUT2D eigenvalue weighted by atomic mass is 10.0. The van der Waals surface area contributed by atoms with Crippen LogP contribution in [0.5, 0.6) is 0 Å². The summed E-state index contributed by atoms with van der Waals surface area (Å²) in [6, 6.07) is 7.37. The average molecular weight is 276 g/mol. The molecule has 1 unspecified atom stereocenters. The second kappa shape index (κ2) is 5.81. The van der Waals surface area contributed by atoms with E-state index in [1.165, 1.54) is 11.3 Å². The number of hydrogen-bond donors (Lipinski definition) is 3. The molecule has 2 rings (SSSR count). The van der Waals surface area contributed by atoms with E-state index >= 15 is 0 Å². The molecule has 0 fully saturated rings. The van der Waals surface area contributed by atoms with Crippen molar-refractivity contribution in [3.63, 3.8) is 0 Å². The van der Waals surface area contributed by atoms with Crippen LogP contribution in [0.15, 0.2) is 29.6 Å². The molecule has 0 aliphatic carbocycles. The summed E-state index contributed by atoms with van der Waals surface area (Å²) >= 11 is 1.41. The van der Waals surface area contributed by atoms with Crippen LogP contribution in [-0.2, 0) is 4.79 Å². The van der Waals surface area contributed by atoms with Gasteiger partial charge in [-0.3, -0.25) is 4.79 Å². The van der Waals surface area contributed by atoms with E-state index < -0.39 is 0 Å². The molecular formula is C13H16N4OS. The number of hydrogen-bond acceptors (Lipinski definition) is 5. The Bertz CT molecular complexity index is 564. The van der Waals surface area contributed by atoms with Gasteiger partial charge in [-0.15, -0.1) is 11.3 Å². The Morgan fingerprint density at radius 2 is 2.00 bits per heavy atom. The van der Waals surface area contributed by atoms with E-state index in [0.717, 1.165) is 16.8 Å². The van der Waals surface area contributed by atoms with Crippen LogP contribution in [0.3, 0.4) is 0 Å². The molecule has 0 radical (unpaired) electrons. The zero-order valence-corrected chi connectivity index (χ0v) is 11.6. The summed E-state index contributed by atoms with van der Waals surface area (Å²) < 4.78 is 0. The summed E-state index contributed by atoms with van der Waals surface area (Å²) in [6.45, 7) is 0. The van der Waals surface area contributed by atoms with Crippen LogP contribution in [0.4, 0.5) is 5.13 Å². The molecule has 1 aromatic carbocycles. The molecule has 0 spiro atoms. The maximum absolute atomic E-state index is 11.7. The Hall–Kier alpha value is -1.92. The Balaban J connectivity index is 2.25. The SMILES string of the molecule is CNC(=O)C(NC)c1ccc(-c2csc(N)n2)cc1. The number of nitrogens with two attached hydrogens (primary N) is 1. The number of thiazole rings is 1. The van der Waals surface area contributed by atoms with Gasteiger partial charge in [0, 0.05) is 18.0 Å². The fourth-order valence-corrected chi connectivity index (χ4v) is 2.43. The van der Waals surface area contributed by atoms with Crippen molar-refractivity contribution < 1.29 is 4.79 Å². The van der Waals surface area contributed by atoms with E-state index in [1.807, 2.05) is 29.6 Å². The van der Waals surface area contributed by atoms with E-state index in [9.17, 15) is 4.79 Å². The number of amides is 1. The van der Waals surface area contributed by atoms with Gasteiger partial charge < -0.3 is 16.4 Å². The van der Waals surface area contributed by atoms with Crippen LogP contribution in [0.2, 0.25) is 0 Å². The largest absolute Gasteiger partial charge is 0.375 e. The van der Waals surface area contributed by atoms with Crippen LogP contribution >= 0.6 is 11.3 Å². The van der Waals surface area contributed by atoms with Crippen molar-refractivity contribution in [3.05, 3.63) is 35.2 Å². The zero-order valence-electron chi connectivity index (χ0n) is 10.8. The minimum absolute atomic E-state index is 0.0619. The molecule has 19 heavy (non-hydrogen) atoms. The third-order valence-electron chi connectivity index (χ3n) is 2.86. The van der Waals surface area contributed by atoms with Crippen LogP contribution < -0.4 is 16.4 Å². The summed E-state index contributed by atoms with van der Waals surface area (Å²) in [7, 11) is 3.38. The maximum Gasteiger partial charge on any atom is 0.241 e. The third kappa shape index (κ3) is 2.91. The van der Waals surface area contributed by atoms with Crippen molar-refractivity contribution in [2.75, 3.05) is 19.8 Å². The average Bonchev–Trinajstić information content (AvgIpc) is 2.87. The van der Waals surface area contributed by atoms with Gasteiger partial charge >= 0.3 is 0 Å². The summed E-state index contributed by atoms with van der Waals surface area (Å²) in [4.78, 5) is 15.9. The maximum atomic E-state index is 11.7. The zero-order chi connectivity index (χ0) is 13.8. The topological polar surface area (TPSA) is 80.0 Å². The van der Waals surface area contributed by atoms with E-state index in [4.69, 9.17) is 5.73 Å². The summed E-state index contributed by atoms with van der Waals surface area (Å²) in [5, 5.41) is 8.09. The van der Waals surface area contributed by atoms with Crippen LogP contribution in [-0.4, -0.2) is 25.0 Å². The number of aromatic nitrogens is 1. The first-order valence-corrected chi connectivity index (χ1v) is 6.74. The fourth-order valence-electron chi connectivity index (χ4n) is 1.86. The fraction of sp³-hybridized carbons (Fsp3) is 0.231. The Morgan fingerprint density at radius 3 is 2.47 bits per heavy atom. The van der Waals surface area contributed by atoms with Gasteiger partial charge in [0.1, 0.15) is 6.04 Å². The van der Waals surface area contributed by atoms with Gasteiger partial charge in [0.2, 0.25) is 5.91 Å². The normalized spacial score (nSPS) is 12.1. The molecule has 0 aliphatic rings. The second-order valence-electron chi connectivity index (χ2n) is 4.03. The lowest BCUT2D eigenvalue weighted by Gasteiger charge is -2.15. The van der Waals surface area contributed by atoms with Gasteiger partial charge in [0.05, 0.1) is 5.69 Å². The van der Waals surface area contributed by atoms with E-state index in [1.54, 1.807) is 14.1 Å². The van der Waals surface area contributed by atoms with Crippen molar-refractivity contribution in [2.24, 2.45) is 0 Å². The molecule has 0 bridgehead atoms. The minimum Gasteiger partial charge on any atom is -0.375 e. The highest BCUT2D eigenvalue weighted by Gasteiger charge is 2.16. The summed E-state index contributed by atoms with van der Waals surface area (Å²) in [5.41, 5.74) is 8.37. The molecule has 5 nitrogen and oxygen atoms in total. The van der Waals surface area contributed by atoms with E-state index in [2.05, 4.69) is 15.6 Å². The first-order chi connectivity index (χ1) is 9.15. The molecule has 4 N–H and O–H groups in total. The summed E-state index contributed by atoms with van der Waals surface area (Å²) in [6.07, 6.45) is 0. The van der Waals surface area contributed by atoms with Crippen LogP contribution in [0.1, 0.15) is 11.6 Å². The quantitative estimate of drug-likeness (QED) is 0.788. The third-order valence-corrected chi connectivity index (χ3v) is 3.53. The number of benzene rings is 1. The number of carbonyl (C=O) groups is 1. The number of anilines is 1. The number of carbonyl (C=O) groups excluding carboxylic acids is 1. The van der Waals surface area contributed by atoms with Gasteiger partial charge in [-0.1, -0.05) is 24.3 Å². The molecule has 100 valence electrons. The van der Waals surface area contributed by atoms with Crippen molar-refractivity contribution >= 4 is 22.4 Å². The van der Waals surface area contributed by atoms with E-state index in [0.29, 0.717) is 5.13 Å². The van der Waals surface area contributed by atoms with Gasteiger partial charge in [-0.2, -0.15) is 0 Å². The van der Waals surface area contributed by atoms with Gasteiger partial charge in [-0.25, -0.2) is 4.98 Å². The minimum atomic E-state index is -0.348. The number of nitrogen functional groups attached to an aromatic ring is 1.